The highest BCUT2D eigenvalue weighted by atomic mass is 16.6. The Kier molecular flexibility index (Phi) is 16.8. The molecule has 0 aliphatic carbocycles. The highest BCUT2D eigenvalue weighted by Crippen LogP contribution is 2.19. The van der Waals surface area contributed by atoms with E-state index in [2.05, 4.69) is 19.1 Å². The molecule has 3 N–H and O–H groups in total. The summed E-state index contributed by atoms with van der Waals surface area (Å²) in [7, 11) is 0. The number of allylic oxidation sites excluding steroid dienone is 2. The fourth-order valence-corrected chi connectivity index (χ4v) is 3.85. The van der Waals surface area contributed by atoms with Crippen molar-refractivity contribution in [2.45, 2.75) is 121 Å². The van der Waals surface area contributed by atoms with E-state index < -0.39 is 24.4 Å². The van der Waals surface area contributed by atoms with Gasteiger partial charge in [0.25, 0.3) is 0 Å². The molecule has 0 aromatic rings. The van der Waals surface area contributed by atoms with E-state index in [-0.39, 0.29) is 13.2 Å². The summed E-state index contributed by atoms with van der Waals surface area (Å²) in [6.07, 6.45) is 19.3. The van der Waals surface area contributed by atoms with Gasteiger partial charge < -0.3 is 24.8 Å². The van der Waals surface area contributed by atoms with Crippen LogP contribution in [0.3, 0.4) is 0 Å². The predicted molar refractivity (Wildman–Crippen MR) is 118 cm³/mol. The van der Waals surface area contributed by atoms with Gasteiger partial charge in [0, 0.05) is 6.61 Å². The molecule has 1 heterocycles. The van der Waals surface area contributed by atoms with Gasteiger partial charge >= 0.3 is 0 Å². The van der Waals surface area contributed by atoms with Gasteiger partial charge in [-0.1, -0.05) is 83.3 Å². The molecule has 0 bridgehead atoms. The lowest BCUT2D eigenvalue weighted by Crippen LogP contribution is -2.55. The molecule has 1 aliphatic rings. The minimum atomic E-state index is -0.987. The maximum Gasteiger partial charge on any atom is 0.114 e. The molecule has 0 radical (unpaired) electrons. The van der Waals surface area contributed by atoms with Crippen LogP contribution in [0.2, 0.25) is 0 Å². The summed E-state index contributed by atoms with van der Waals surface area (Å²) in [6, 6.07) is 0. The Morgan fingerprint density at radius 3 is 1.93 bits per heavy atom. The van der Waals surface area contributed by atoms with Crippen molar-refractivity contribution in [3.63, 3.8) is 0 Å². The monoisotopic (exact) mass is 414 g/mol. The predicted octanol–water partition coefficient (Wildman–Crippen LogP) is 4.52. The molecule has 172 valence electrons. The third-order valence-corrected chi connectivity index (χ3v) is 5.74. The number of unbranched alkanes of at least 4 members (excludes halogenated alkanes) is 12. The van der Waals surface area contributed by atoms with Crippen LogP contribution in [0.4, 0.5) is 0 Å². The van der Waals surface area contributed by atoms with E-state index in [1.54, 1.807) is 0 Å². The largest absolute Gasteiger partial charge is 0.394 e. The topological polar surface area (TPSA) is 79.2 Å². The molecular weight excluding hydrogens is 368 g/mol. The molecular formula is C24H46O5. The molecule has 0 unspecified atom stereocenters. The zero-order valence-corrected chi connectivity index (χ0v) is 18.6. The van der Waals surface area contributed by atoms with E-state index in [9.17, 15) is 15.3 Å². The van der Waals surface area contributed by atoms with Crippen LogP contribution >= 0.6 is 0 Å². The highest BCUT2D eigenvalue weighted by Gasteiger charge is 2.39. The van der Waals surface area contributed by atoms with Crippen molar-refractivity contribution in [1.82, 2.24) is 0 Å². The summed E-state index contributed by atoms with van der Waals surface area (Å²) < 4.78 is 11.0. The highest BCUT2D eigenvalue weighted by molar-refractivity contribution is 4.87. The van der Waals surface area contributed by atoms with E-state index in [0.717, 1.165) is 19.3 Å². The molecule has 0 saturated carbocycles. The summed E-state index contributed by atoms with van der Waals surface area (Å²) in [5, 5.41) is 29.0. The van der Waals surface area contributed by atoms with E-state index in [1.807, 2.05) is 0 Å². The number of ether oxygens (including phenoxy) is 2. The number of hydrogen-bond donors (Lipinski definition) is 3. The van der Waals surface area contributed by atoms with Crippen molar-refractivity contribution >= 4 is 0 Å². The van der Waals surface area contributed by atoms with Crippen LogP contribution in [-0.4, -0.2) is 59.6 Å². The second-order valence-electron chi connectivity index (χ2n) is 8.36. The number of aliphatic hydroxyl groups is 3. The van der Waals surface area contributed by atoms with Gasteiger partial charge in [0.05, 0.1) is 13.2 Å². The maximum atomic E-state index is 10.0. The Balaban J connectivity index is 1.85. The fourth-order valence-electron chi connectivity index (χ4n) is 3.85. The Labute approximate surface area is 178 Å². The maximum absolute atomic E-state index is 10.0. The summed E-state index contributed by atoms with van der Waals surface area (Å²) in [5.41, 5.74) is 0. The Morgan fingerprint density at radius 2 is 1.38 bits per heavy atom. The minimum Gasteiger partial charge on any atom is -0.394 e. The van der Waals surface area contributed by atoms with Crippen molar-refractivity contribution < 1.29 is 24.8 Å². The molecule has 1 saturated heterocycles. The molecule has 1 fully saturated rings. The van der Waals surface area contributed by atoms with Crippen molar-refractivity contribution in [2.75, 3.05) is 19.8 Å². The van der Waals surface area contributed by atoms with Crippen LogP contribution < -0.4 is 0 Å². The minimum absolute atomic E-state index is 0.0445. The van der Waals surface area contributed by atoms with Crippen LogP contribution in [0.25, 0.3) is 0 Å². The molecule has 5 heteroatoms. The van der Waals surface area contributed by atoms with E-state index in [0.29, 0.717) is 6.61 Å². The molecule has 4 atom stereocenters. The van der Waals surface area contributed by atoms with Gasteiger partial charge in [-0.05, 0) is 25.7 Å². The first kappa shape index (κ1) is 26.6. The Hall–Kier alpha value is -0.460. The smallest absolute Gasteiger partial charge is 0.114 e. The third-order valence-electron chi connectivity index (χ3n) is 5.74. The first-order valence-corrected chi connectivity index (χ1v) is 12.1. The molecule has 5 nitrogen and oxygen atoms in total. The lowest BCUT2D eigenvalue weighted by molar-refractivity contribution is -0.211. The van der Waals surface area contributed by atoms with Crippen LogP contribution in [0.1, 0.15) is 96.8 Å². The lowest BCUT2D eigenvalue weighted by Gasteiger charge is -2.37. The standard InChI is InChI=1S/C24H46O5/c1-2-3-4-5-6-7-8-9-10-11-12-13-14-15-16-17-18-28-24-22(19-25)29-20-21(26)23(24)27/h3-4,21-27H,2,5-20H2,1H3/b4-3+/t21-,22+,23+,24+/m1/s1. The van der Waals surface area contributed by atoms with Crippen molar-refractivity contribution in [1.29, 1.82) is 0 Å². The van der Waals surface area contributed by atoms with E-state index >= 15 is 0 Å². The Bertz CT molecular complexity index is 385. The van der Waals surface area contributed by atoms with Crippen molar-refractivity contribution in [3.8, 4) is 0 Å². The molecule has 29 heavy (non-hydrogen) atoms. The lowest BCUT2D eigenvalue weighted by atomic mass is 10.0. The average molecular weight is 415 g/mol. The Morgan fingerprint density at radius 1 is 0.828 bits per heavy atom. The zero-order chi connectivity index (χ0) is 21.2. The third kappa shape index (κ3) is 12.7. The fraction of sp³-hybridized carbons (Fsp3) is 0.917. The summed E-state index contributed by atoms with van der Waals surface area (Å²) >= 11 is 0. The van der Waals surface area contributed by atoms with Crippen LogP contribution in [-0.2, 0) is 9.47 Å². The van der Waals surface area contributed by atoms with Gasteiger partial charge in [0.1, 0.15) is 24.4 Å². The average Bonchev–Trinajstić information content (AvgIpc) is 2.73. The van der Waals surface area contributed by atoms with Gasteiger partial charge in [0.2, 0.25) is 0 Å². The van der Waals surface area contributed by atoms with Gasteiger partial charge in [-0.25, -0.2) is 0 Å². The molecule has 0 amide bonds. The van der Waals surface area contributed by atoms with Crippen molar-refractivity contribution in [3.05, 3.63) is 12.2 Å². The summed E-state index contributed by atoms with van der Waals surface area (Å²) in [5.74, 6) is 0. The molecule has 1 aliphatic heterocycles. The molecule has 0 aromatic heterocycles. The van der Waals surface area contributed by atoms with Crippen molar-refractivity contribution in [2.24, 2.45) is 0 Å². The van der Waals surface area contributed by atoms with Crippen LogP contribution in [0, 0.1) is 0 Å². The number of rotatable bonds is 18. The summed E-state index contributed by atoms with van der Waals surface area (Å²) in [4.78, 5) is 0. The zero-order valence-electron chi connectivity index (χ0n) is 18.6. The number of aliphatic hydroxyl groups excluding tert-OH is 3. The molecule has 0 spiro atoms. The van der Waals surface area contributed by atoms with Gasteiger partial charge in [0.15, 0.2) is 0 Å². The van der Waals surface area contributed by atoms with Gasteiger partial charge in [-0.3, -0.25) is 0 Å². The second kappa shape index (κ2) is 18.3. The van der Waals surface area contributed by atoms with Gasteiger partial charge in [-0.15, -0.1) is 0 Å². The first-order valence-electron chi connectivity index (χ1n) is 12.1. The van der Waals surface area contributed by atoms with E-state index in [1.165, 1.54) is 70.6 Å². The quantitative estimate of drug-likeness (QED) is 0.227. The summed E-state index contributed by atoms with van der Waals surface area (Å²) in [6.45, 7) is 2.56. The second-order valence-corrected chi connectivity index (χ2v) is 8.36. The SMILES string of the molecule is CC/C=C/CCCCCCCCCCCCCCO[C@@H]1[C@@H](O)[C@H](O)CO[C@H]1CO. The number of hydrogen-bond acceptors (Lipinski definition) is 5. The molecule has 0 aromatic carbocycles. The normalized spacial score (nSPS) is 25.1. The molecule has 1 rings (SSSR count). The van der Waals surface area contributed by atoms with Crippen LogP contribution in [0.15, 0.2) is 12.2 Å². The van der Waals surface area contributed by atoms with E-state index in [4.69, 9.17) is 9.47 Å². The first-order chi connectivity index (χ1) is 14.2. The van der Waals surface area contributed by atoms with Gasteiger partial charge in [-0.2, -0.15) is 0 Å². The van der Waals surface area contributed by atoms with Crippen LogP contribution in [0.5, 0.6) is 0 Å².